The Morgan fingerprint density at radius 3 is 2.50 bits per heavy atom. The van der Waals surface area contributed by atoms with Crippen LogP contribution < -0.4 is 16.0 Å². The van der Waals surface area contributed by atoms with Crippen LogP contribution in [-0.2, 0) is 4.79 Å². The minimum Gasteiger partial charge on any atom is -0.341 e. The molecule has 0 aliphatic rings. The molecule has 22 heavy (non-hydrogen) atoms. The van der Waals surface area contributed by atoms with Gasteiger partial charge in [-0.25, -0.2) is 4.79 Å². The third-order valence-corrected chi connectivity index (χ3v) is 4.12. The van der Waals surface area contributed by atoms with Gasteiger partial charge in [-0.05, 0) is 23.9 Å². The third kappa shape index (κ3) is 4.41. The zero-order chi connectivity index (χ0) is 15.9. The van der Waals surface area contributed by atoms with Crippen molar-refractivity contribution in [2.45, 2.75) is 13.0 Å². The molecule has 3 N–H and O–H groups in total. The fourth-order valence-electron chi connectivity index (χ4n) is 2.03. The molecule has 6 heteroatoms. The molecule has 1 heterocycles. The Bertz CT molecular complexity index is 623. The molecule has 2 aromatic rings. The highest BCUT2D eigenvalue weighted by Crippen LogP contribution is 2.26. The first-order chi connectivity index (χ1) is 10.6. The predicted octanol–water partition coefficient (Wildman–Crippen LogP) is 2.19. The lowest BCUT2D eigenvalue weighted by molar-refractivity contribution is -0.119. The summed E-state index contributed by atoms with van der Waals surface area (Å²) >= 11 is 1.63. The van der Waals surface area contributed by atoms with Gasteiger partial charge in [0.15, 0.2) is 0 Å². The van der Waals surface area contributed by atoms with E-state index in [4.69, 9.17) is 0 Å². The summed E-state index contributed by atoms with van der Waals surface area (Å²) in [7, 11) is 1.47. The standard InChI is InChI=1S/C16H19N3O2S/c1-11-5-7-12(8-6-11)15(13-4-3-9-22-13)18-10-14(20)19-16(21)17-2/h3-9,15,18H,10H2,1-2H3,(H2,17,19,20,21)/t15-/m0/s1. The van der Waals surface area contributed by atoms with Gasteiger partial charge in [0, 0.05) is 11.9 Å². The van der Waals surface area contributed by atoms with E-state index in [-0.39, 0.29) is 18.5 Å². The Hall–Kier alpha value is -2.18. The van der Waals surface area contributed by atoms with Crippen molar-refractivity contribution in [3.63, 3.8) is 0 Å². The van der Waals surface area contributed by atoms with Gasteiger partial charge in [0.25, 0.3) is 0 Å². The molecule has 0 unspecified atom stereocenters. The average Bonchev–Trinajstić information content (AvgIpc) is 3.03. The smallest absolute Gasteiger partial charge is 0.321 e. The molecule has 0 saturated carbocycles. The molecule has 0 saturated heterocycles. The maximum Gasteiger partial charge on any atom is 0.321 e. The monoisotopic (exact) mass is 317 g/mol. The molecule has 0 aliphatic heterocycles. The maximum absolute atomic E-state index is 11.7. The van der Waals surface area contributed by atoms with Crippen molar-refractivity contribution in [1.82, 2.24) is 16.0 Å². The quantitative estimate of drug-likeness (QED) is 0.792. The van der Waals surface area contributed by atoms with E-state index >= 15 is 0 Å². The average molecular weight is 317 g/mol. The molecule has 2 rings (SSSR count). The Kier molecular flexibility index (Phi) is 5.68. The van der Waals surface area contributed by atoms with Crippen molar-refractivity contribution >= 4 is 23.3 Å². The molecule has 1 aromatic carbocycles. The summed E-state index contributed by atoms with van der Waals surface area (Å²) in [4.78, 5) is 24.0. The number of amides is 3. The first-order valence-electron chi connectivity index (χ1n) is 6.95. The fourth-order valence-corrected chi connectivity index (χ4v) is 2.85. The van der Waals surface area contributed by atoms with Gasteiger partial charge in [0.1, 0.15) is 0 Å². The Labute approximate surface area is 133 Å². The summed E-state index contributed by atoms with van der Waals surface area (Å²) in [5, 5.41) is 9.80. The maximum atomic E-state index is 11.7. The van der Waals surface area contributed by atoms with E-state index in [1.54, 1.807) is 11.3 Å². The van der Waals surface area contributed by atoms with Crippen LogP contribution in [0.5, 0.6) is 0 Å². The second kappa shape index (κ2) is 7.72. The number of benzene rings is 1. The minimum atomic E-state index is -0.505. The van der Waals surface area contributed by atoms with E-state index in [9.17, 15) is 9.59 Å². The summed E-state index contributed by atoms with van der Waals surface area (Å²) in [5.41, 5.74) is 2.27. The topological polar surface area (TPSA) is 70.2 Å². The van der Waals surface area contributed by atoms with Crippen LogP contribution in [0.4, 0.5) is 4.79 Å². The third-order valence-electron chi connectivity index (χ3n) is 3.19. The van der Waals surface area contributed by atoms with Crippen molar-refractivity contribution in [2.24, 2.45) is 0 Å². The number of urea groups is 1. The Morgan fingerprint density at radius 1 is 1.18 bits per heavy atom. The molecule has 1 aromatic heterocycles. The molecule has 0 aliphatic carbocycles. The number of hydrogen-bond donors (Lipinski definition) is 3. The van der Waals surface area contributed by atoms with E-state index in [1.807, 2.05) is 48.7 Å². The number of thiophene rings is 1. The van der Waals surface area contributed by atoms with Crippen molar-refractivity contribution in [3.05, 3.63) is 57.8 Å². The van der Waals surface area contributed by atoms with Gasteiger partial charge >= 0.3 is 6.03 Å². The van der Waals surface area contributed by atoms with Crippen molar-refractivity contribution in [3.8, 4) is 0 Å². The van der Waals surface area contributed by atoms with Crippen LogP contribution in [0, 0.1) is 6.92 Å². The highest BCUT2D eigenvalue weighted by atomic mass is 32.1. The fraction of sp³-hybridized carbons (Fsp3) is 0.250. The molecule has 1 atom stereocenters. The summed E-state index contributed by atoms with van der Waals surface area (Å²) in [6.07, 6.45) is 0. The second-order valence-corrected chi connectivity index (χ2v) is 5.85. The lowest BCUT2D eigenvalue weighted by Crippen LogP contribution is -2.42. The lowest BCUT2D eigenvalue weighted by Gasteiger charge is -2.18. The first-order valence-corrected chi connectivity index (χ1v) is 7.83. The highest BCUT2D eigenvalue weighted by molar-refractivity contribution is 7.10. The summed E-state index contributed by atoms with van der Waals surface area (Å²) in [6, 6.07) is 11.6. The zero-order valence-electron chi connectivity index (χ0n) is 12.6. The van der Waals surface area contributed by atoms with Gasteiger partial charge in [-0.1, -0.05) is 35.9 Å². The van der Waals surface area contributed by atoms with Crippen molar-refractivity contribution in [2.75, 3.05) is 13.6 Å². The van der Waals surface area contributed by atoms with E-state index in [2.05, 4.69) is 16.0 Å². The summed E-state index contributed by atoms with van der Waals surface area (Å²) < 4.78 is 0. The van der Waals surface area contributed by atoms with E-state index < -0.39 is 6.03 Å². The number of imide groups is 1. The molecule has 116 valence electrons. The number of carbonyl (C=O) groups is 2. The van der Waals surface area contributed by atoms with Gasteiger partial charge in [0.05, 0.1) is 12.6 Å². The summed E-state index contributed by atoms with van der Waals surface area (Å²) in [5.74, 6) is -0.368. The molecule has 0 radical (unpaired) electrons. The largest absolute Gasteiger partial charge is 0.341 e. The second-order valence-electron chi connectivity index (χ2n) is 4.87. The highest BCUT2D eigenvalue weighted by Gasteiger charge is 2.16. The van der Waals surface area contributed by atoms with Gasteiger partial charge in [-0.15, -0.1) is 11.3 Å². The van der Waals surface area contributed by atoms with E-state index in [1.165, 1.54) is 12.6 Å². The molecular formula is C16H19N3O2S. The van der Waals surface area contributed by atoms with Crippen LogP contribution in [0.25, 0.3) is 0 Å². The van der Waals surface area contributed by atoms with Crippen LogP contribution in [0.1, 0.15) is 22.0 Å². The van der Waals surface area contributed by atoms with Crippen molar-refractivity contribution in [1.29, 1.82) is 0 Å². The molecule has 5 nitrogen and oxygen atoms in total. The Morgan fingerprint density at radius 2 is 1.91 bits per heavy atom. The minimum absolute atomic E-state index is 0.0594. The van der Waals surface area contributed by atoms with Gasteiger partial charge in [0.2, 0.25) is 5.91 Å². The molecule has 0 bridgehead atoms. The molecule has 0 spiro atoms. The Balaban J connectivity index is 2.08. The predicted molar refractivity (Wildman–Crippen MR) is 87.9 cm³/mol. The van der Waals surface area contributed by atoms with Crippen LogP contribution in [0.2, 0.25) is 0 Å². The normalized spacial score (nSPS) is 11.7. The van der Waals surface area contributed by atoms with Crippen molar-refractivity contribution < 1.29 is 9.59 Å². The zero-order valence-corrected chi connectivity index (χ0v) is 13.4. The lowest BCUT2D eigenvalue weighted by atomic mass is 10.0. The number of carbonyl (C=O) groups excluding carboxylic acids is 2. The van der Waals surface area contributed by atoms with Crippen LogP contribution >= 0.6 is 11.3 Å². The van der Waals surface area contributed by atoms with Crippen LogP contribution in [0.3, 0.4) is 0 Å². The molecule has 3 amide bonds. The number of nitrogens with one attached hydrogen (secondary N) is 3. The van der Waals surface area contributed by atoms with E-state index in [0.717, 1.165) is 10.4 Å². The molecular weight excluding hydrogens is 298 g/mol. The van der Waals surface area contributed by atoms with Gasteiger partial charge in [-0.3, -0.25) is 15.4 Å². The number of aryl methyl sites for hydroxylation is 1. The first kappa shape index (κ1) is 16.2. The van der Waals surface area contributed by atoms with Crippen LogP contribution in [-0.4, -0.2) is 25.5 Å². The number of hydrogen-bond acceptors (Lipinski definition) is 4. The SMILES string of the molecule is CNC(=O)NC(=O)CN[C@@H](c1ccc(C)cc1)c1cccs1. The van der Waals surface area contributed by atoms with Crippen LogP contribution in [0.15, 0.2) is 41.8 Å². The van der Waals surface area contributed by atoms with Gasteiger partial charge < -0.3 is 5.32 Å². The van der Waals surface area contributed by atoms with E-state index in [0.29, 0.717) is 0 Å². The molecule has 0 fully saturated rings. The van der Waals surface area contributed by atoms with Gasteiger partial charge in [-0.2, -0.15) is 0 Å². The number of rotatable bonds is 5. The summed E-state index contributed by atoms with van der Waals surface area (Å²) in [6.45, 7) is 2.10.